The Morgan fingerprint density at radius 1 is 0.857 bits per heavy atom. The zero-order valence-corrected chi connectivity index (χ0v) is 8.82. The van der Waals surface area contributed by atoms with E-state index in [0.717, 1.165) is 11.4 Å². The summed E-state index contributed by atoms with van der Waals surface area (Å²) >= 11 is 0. The van der Waals surface area contributed by atoms with E-state index >= 15 is 0 Å². The first-order valence-electron chi connectivity index (χ1n) is 4.45. The Labute approximate surface area is 85.6 Å². The molecule has 2 aromatic heterocycles. The molecule has 0 aliphatic rings. The van der Waals surface area contributed by atoms with Crippen molar-refractivity contribution in [3.63, 3.8) is 0 Å². The highest BCUT2D eigenvalue weighted by atomic mass is 31.0. The van der Waals surface area contributed by atoms with Crippen molar-refractivity contribution in [2.45, 2.75) is 5.66 Å². The first-order valence-corrected chi connectivity index (χ1v) is 5.12. The smallest absolute Gasteiger partial charge is 0.0578 e. The molecule has 0 N–H and O–H groups in total. The van der Waals surface area contributed by atoms with Crippen LogP contribution in [0.25, 0.3) is 0 Å². The van der Waals surface area contributed by atoms with Gasteiger partial charge in [-0.15, -0.1) is 9.24 Å². The van der Waals surface area contributed by atoms with Crippen LogP contribution >= 0.6 is 9.24 Å². The Morgan fingerprint density at radius 3 is 1.71 bits per heavy atom. The summed E-state index contributed by atoms with van der Waals surface area (Å²) in [5.41, 5.74) is 2.23. The summed E-state index contributed by atoms with van der Waals surface area (Å²) in [5, 5.41) is 0. The summed E-state index contributed by atoms with van der Waals surface area (Å²) in [6.07, 6.45) is 3.60. The van der Waals surface area contributed by atoms with Gasteiger partial charge in [0.15, 0.2) is 0 Å². The predicted octanol–water partition coefficient (Wildman–Crippen LogP) is 2.44. The second-order valence-electron chi connectivity index (χ2n) is 2.99. The monoisotopic (exact) mass is 202 g/mol. The normalized spacial score (nSPS) is 10.4. The van der Waals surface area contributed by atoms with Gasteiger partial charge in [0.1, 0.15) is 0 Å². The molecule has 0 amide bonds. The van der Waals surface area contributed by atoms with Crippen molar-refractivity contribution < 1.29 is 0 Å². The minimum atomic E-state index is 0.178. The molecule has 0 aliphatic heterocycles. The molecule has 0 radical (unpaired) electrons. The van der Waals surface area contributed by atoms with Crippen LogP contribution < -0.4 is 0 Å². The van der Waals surface area contributed by atoms with E-state index in [4.69, 9.17) is 0 Å². The highest BCUT2D eigenvalue weighted by Gasteiger charge is 2.09. The zero-order chi connectivity index (χ0) is 9.80. The molecular formula is C11H11N2P. The van der Waals surface area contributed by atoms with E-state index in [1.54, 1.807) is 12.4 Å². The number of hydrogen-bond donors (Lipinski definition) is 0. The van der Waals surface area contributed by atoms with Gasteiger partial charge < -0.3 is 0 Å². The molecule has 14 heavy (non-hydrogen) atoms. The molecule has 2 aromatic rings. The summed E-state index contributed by atoms with van der Waals surface area (Å²) in [4.78, 5) is 8.59. The first-order chi connectivity index (χ1) is 6.88. The molecule has 2 rings (SSSR count). The van der Waals surface area contributed by atoms with Crippen LogP contribution in [0.3, 0.4) is 0 Å². The van der Waals surface area contributed by atoms with Gasteiger partial charge in [-0.25, -0.2) is 0 Å². The molecular weight excluding hydrogens is 191 g/mol. The van der Waals surface area contributed by atoms with Gasteiger partial charge in [0.05, 0.1) is 17.0 Å². The summed E-state index contributed by atoms with van der Waals surface area (Å²) in [7, 11) is 2.76. The van der Waals surface area contributed by atoms with Crippen LogP contribution in [0.1, 0.15) is 17.0 Å². The molecule has 2 nitrogen and oxygen atoms in total. The van der Waals surface area contributed by atoms with Gasteiger partial charge in [0.25, 0.3) is 0 Å². The molecule has 1 unspecified atom stereocenters. The maximum absolute atomic E-state index is 4.29. The van der Waals surface area contributed by atoms with Gasteiger partial charge in [0.2, 0.25) is 0 Å². The van der Waals surface area contributed by atoms with Gasteiger partial charge in [-0.2, -0.15) is 0 Å². The maximum Gasteiger partial charge on any atom is 0.0578 e. The first kappa shape index (κ1) is 9.29. The molecule has 0 spiro atoms. The number of pyridine rings is 2. The molecule has 0 bridgehead atoms. The molecule has 0 aliphatic carbocycles. The number of rotatable bonds is 2. The van der Waals surface area contributed by atoms with Crippen molar-refractivity contribution in [3.05, 3.63) is 60.2 Å². The van der Waals surface area contributed by atoms with Crippen molar-refractivity contribution in [1.29, 1.82) is 0 Å². The van der Waals surface area contributed by atoms with Crippen LogP contribution in [-0.2, 0) is 0 Å². The van der Waals surface area contributed by atoms with E-state index < -0.39 is 0 Å². The molecule has 2 heterocycles. The largest absolute Gasteiger partial charge is 0.260 e. The number of hydrogen-bond acceptors (Lipinski definition) is 2. The third-order valence-corrected chi connectivity index (χ3v) is 2.70. The minimum Gasteiger partial charge on any atom is -0.260 e. The van der Waals surface area contributed by atoms with Crippen LogP contribution in [0.5, 0.6) is 0 Å². The van der Waals surface area contributed by atoms with Crippen molar-refractivity contribution in [2.24, 2.45) is 0 Å². The van der Waals surface area contributed by atoms with Crippen molar-refractivity contribution in [2.75, 3.05) is 0 Å². The fourth-order valence-electron chi connectivity index (χ4n) is 1.27. The summed E-state index contributed by atoms with van der Waals surface area (Å²) in [6.45, 7) is 0. The van der Waals surface area contributed by atoms with Gasteiger partial charge in [-0.3, -0.25) is 9.97 Å². The summed E-state index contributed by atoms with van der Waals surface area (Å²) in [6, 6.07) is 11.8. The molecule has 0 aromatic carbocycles. The van der Waals surface area contributed by atoms with E-state index in [-0.39, 0.29) is 5.66 Å². The zero-order valence-electron chi connectivity index (χ0n) is 7.67. The third kappa shape index (κ3) is 1.97. The highest BCUT2D eigenvalue weighted by Crippen LogP contribution is 2.26. The van der Waals surface area contributed by atoms with E-state index in [1.807, 2.05) is 36.4 Å². The number of aromatic nitrogens is 2. The maximum atomic E-state index is 4.29. The van der Waals surface area contributed by atoms with Crippen molar-refractivity contribution in [3.8, 4) is 0 Å². The average molecular weight is 202 g/mol. The van der Waals surface area contributed by atoms with Gasteiger partial charge in [-0.05, 0) is 24.3 Å². The van der Waals surface area contributed by atoms with Crippen LogP contribution in [0, 0.1) is 0 Å². The van der Waals surface area contributed by atoms with E-state index in [9.17, 15) is 0 Å². The highest BCUT2D eigenvalue weighted by molar-refractivity contribution is 7.17. The molecule has 0 saturated heterocycles. The van der Waals surface area contributed by atoms with Gasteiger partial charge in [0, 0.05) is 12.4 Å². The van der Waals surface area contributed by atoms with E-state index in [0.29, 0.717) is 0 Å². The second-order valence-corrected chi connectivity index (χ2v) is 3.65. The SMILES string of the molecule is PC(c1ccccn1)c1ccccn1. The predicted molar refractivity (Wildman–Crippen MR) is 60.0 cm³/mol. The van der Waals surface area contributed by atoms with Crippen LogP contribution in [-0.4, -0.2) is 9.97 Å². The van der Waals surface area contributed by atoms with E-state index in [1.165, 1.54) is 0 Å². The number of nitrogens with zero attached hydrogens (tertiary/aromatic N) is 2. The third-order valence-electron chi connectivity index (χ3n) is 2.01. The Morgan fingerprint density at radius 2 is 1.36 bits per heavy atom. The Kier molecular flexibility index (Phi) is 2.85. The fraction of sp³-hybridized carbons (Fsp3) is 0.0909. The summed E-state index contributed by atoms with van der Waals surface area (Å²) < 4.78 is 0. The lowest BCUT2D eigenvalue weighted by Gasteiger charge is -2.08. The van der Waals surface area contributed by atoms with Crippen LogP contribution in [0.4, 0.5) is 0 Å². The topological polar surface area (TPSA) is 25.8 Å². The quantitative estimate of drug-likeness (QED) is 0.699. The van der Waals surface area contributed by atoms with Gasteiger partial charge in [-0.1, -0.05) is 12.1 Å². The fourth-order valence-corrected chi connectivity index (χ4v) is 1.67. The molecule has 70 valence electrons. The Bertz CT molecular complexity index is 349. The molecule has 1 atom stereocenters. The Balaban J connectivity index is 2.30. The lowest BCUT2D eigenvalue weighted by atomic mass is 10.2. The van der Waals surface area contributed by atoms with Crippen LogP contribution in [0.15, 0.2) is 48.8 Å². The average Bonchev–Trinajstić information content (AvgIpc) is 2.30. The Hall–Kier alpha value is -1.27. The second kappa shape index (κ2) is 4.30. The van der Waals surface area contributed by atoms with Crippen molar-refractivity contribution in [1.82, 2.24) is 9.97 Å². The standard InChI is InChI=1S/C11H11N2P/c14-11(9-5-1-3-7-12-9)10-6-2-4-8-13-10/h1-8,11H,14H2. The molecule has 0 saturated carbocycles. The minimum absolute atomic E-state index is 0.178. The lowest BCUT2D eigenvalue weighted by Crippen LogP contribution is -1.97. The van der Waals surface area contributed by atoms with Gasteiger partial charge >= 0.3 is 0 Å². The van der Waals surface area contributed by atoms with Crippen molar-refractivity contribution >= 4 is 9.24 Å². The lowest BCUT2D eigenvalue weighted by molar-refractivity contribution is 0.991. The van der Waals surface area contributed by atoms with E-state index in [2.05, 4.69) is 19.2 Å². The summed E-state index contributed by atoms with van der Waals surface area (Å²) in [5.74, 6) is 0. The van der Waals surface area contributed by atoms with Crippen LogP contribution in [0.2, 0.25) is 0 Å². The molecule has 0 fully saturated rings. The molecule has 3 heteroatoms.